The second kappa shape index (κ2) is 6.49. The first-order chi connectivity index (χ1) is 9.96. The summed E-state index contributed by atoms with van der Waals surface area (Å²) in [4.78, 5) is 0. The minimum atomic E-state index is -4.70. The largest absolute Gasteiger partial charge is 0.573 e. The van der Waals surface area contributed by atoms with Crippen molar-refractivity contribution in [3.05, 3.63) is 42.2 Å². The highest BCUT2D eigenvalue weighted by molar-refractivity contribution is 5.40. The quantitative estimate of drug-likeness (QED) is 0.860. The highest BCUT2D eigenvalue weighted by Crippen LogP contribution is 2.23. The van der Waals surface area contributed by atoms with Crippen LogP contribution >= 0.6 is 0 Å². The lowest BCUT2D eigenvalue weighted by atomic mass is 10.2. The highest BCUT2D eigenvalue weighted by atomic mass is 19.4. The molecule has 1 aromatic heterocycles. The summed E-state index contributed by atoms with van der Waals surface area (Å²) < 4.78 is 41.8. The molecule has 0 spiro atoms. The molecule has 2 aromatic rings. The van der Waals surface area contributed by atoms with Gasteiger partial charge in [-0.25, -0.2) is 0 Å². The average molecular weight is 301 g/mol. The second-order valence-electron chi connectivity index (χ2n) is 4.26. The molecule has 0 atom stereocenters. The fourth-order valence-electron chi connectivity index (χ4n) is 1.74. The third-order valence-corrected chi connectivity index (χ3v) is 2.59. The Bertz CT molecular complexity index is 584. The summed E-state index contributed by atoms with van der Waals surface area (Å²) in [6, 6.07) is 5.75. The Labute approximate surface area is 119 Å². The number of aliphatic hydroxyl groups is 1. The smallest absolute Gasteiger partial charge is 0.406 e. The lowest BCUT2D eigenvalue weighted by Gasteiger charge is -2.10. The Morgan fingerprint density at radius 3 is 2.86 bits per heavy atom. The van der Waals surface area contributed by atoms with Crippen LogP contribution in [0.3, 0.4) is 0 Å². The van der Waals surface area contributed by atoms with E-state index in [-0.39, 0.29) is 12.4 Å². The van der Waals surface area contributed by atoms with Crippen molar-refractivity contribution in [1.29, 1.82) is 0 Å². The Morgan fingerprint density at radius 1 is 1.33 bits per heavy atom. The minimum absolute atomic E-state index is 0.0159. The molecule has 1 heterocycles. The van der Waals surface area contributed by atoms with Crippen molar-refractivity contribution in [2.24, 2.45) is 0 Å². The van der Waals surface area contributed by atoms with Crippen LogP contribution in [0.1, 0.15) is 5.56 Å². The van der Waals surface area contributed by atoms with Gasteiger partial charge in [-0.2, -0.15) is 5.10 Å². The number of hydrogen-bond donors (Lipinski definition) is 2. The molecule has 0 amide bonds. The maximum Gasteiger partial charge on any atom is 0.573 e. The topological polar surface area (TPSA) is 59.3 Å². The number of aliphatic hydroxyl groups excluding tert-OH is 1. The Hall–Kier alpha value is -2.22. The van der Waals surface area contributed by atoms with Crippen LogP contribution in [0.4, 0.5) is 18.9 Å². The van der Waals surface area contributed by atoms with Gasteiger partial charge >= 0.3 is 6.36 Å². The summed E-state index contributed by atoms with van der Waals surface area (Å²) in [6.07, 6.45) is -1.42. The Morgan fingerprint density at radius 2 is 2.14 bits per heavy atom. The number of hydrogen-bond acceptors (Lipinski definition) is 4. The fourth-order valence-corrected chi connectivity index (χ4v) is 1.74. The number of nitrogens with one attached hydrogen (secondary N) is 1. The molecule has 0 aliphatic rings. The van der Waals surface area contributed by atoms with Gasteiger partial charge in [0.2, 0.25) is 0 Å². The number of ether oxygens (including phenoxy) is 1. The lowest BCUT2D eigenvalue weighted by Crippen LogP contribution is -2.17. The van der Waals surface area contributed by atoms with Crippen molar-refractivity contribution in [2.75, 3.05) is 11.9 Å². The standard InChI is InChI=1S/C13H14F3N3O2/c14-13(15,16)21-12-3-1-2-10(6-12)7-17-11-8-18-19(9-11)4-5-20/h1-3,6,8-9,17,20H,4-5,7H2. The van der Waals surface area contributed by atoms with Crippen molar-refractivity contribution in [3.63, 3.8) is 0 Å². The monoisotopic (exact) mass is 301 g/mol. The number of halogens is 3. The molecule has 0 saturated carbocycles. The van der Waals surface area contributed by atoms with Gasteiger partial charge in [0.1, 0.15) is 5.75 Å². The Balaban J connectivity index is 1.94. The molecule has 8 heteroatoms. The van der Waals surface area contributed by atoms with Gasteiger partial charge in [-0.15, -0.1) is 13.2 Å². The van der Waals surface area contributed by atoms with Crippen LogP contribution in [-0.4, -0.2) is 27.9 Å². The minimum Gasteiger partial charge on any atom is -0.406 e. The van der Waals surface area contributed by atoms with Crippen LogP contribution in [-0.2, 0) is 13.1 Å². The van der Waals surface area contributed by atoms with E-state index >= 15 is 0 Å². The van der Waals surface area contributed by atoms with Crippen LogP contribution in [0.5, 0.6) is 5.75 Å². The molecule has 0 aliphatic heterocycles. The van der Waals surface area contributed by atoms with Crippen LogP contribution < -0.4 is 10.1 Å². The number of nitrogens with zero attached hydrogens (tertiary/aromatic N) is 2. The van der Waals surface area contributed by atoms with E-state index in [1.165, 1.54) is 18.2 Å². The molecule has 21 heavy (non-hydrogen) atoms. The summed E-state index contributed by atoms with van der Waals surface area (Å²) >= 11 is 0. The molecule has 1 aromatic carbocycles. The van der Waals surface area contributed by atoms with Crippen molar-refractivity contribution in [2.45, 2.75) is 19.5 Å². The summed E-state index contributed by atoms with van der Waals surface area (Å²) in [6.45, 7) is 0.703. The molecule has 0 saturated heterocycles. The van der Waals surface area contributed by atoms with Gasteiger partial charge in [0.15, 0.2) is 0 Å². The zero-order valence-corrected chi connectivity index (χ0v) is 11.0. The van der Waals surface area contributed by atoms with Crippen LogP contribution in [0, 0.1) is 0 Å². The maximum atomic E-state index is 12.1. The summed E-state index contributed by atoms with van der Waals surface area (Å²) in [5.74, 6) is -0.252. The van der Waals surface area contributed by atoms with E-state index in [0.717, 1.165) is 0 Å². The van der Waals surface area contributed by atoms with Gasteiger partial charge < -0.3 is 15.2 Å². The van der Waals surface area contributed by atoms with E-state index in [0.29, 0.717) is 24.3 Å². The lowest BCUT2D eigenvalue weighted by molar-refractivity contribution is -0.274. The molecule has 0 aliphatic carbocycles. The van der Waals surface area contributed by atoms with Gasteiger partial charge in [0.25, 0.3) is 0 Å². The molecule has 5 nitrogen and oxygen atoms in total. The van der Waals surface area contributed by atoms with E-state index in [1.54, 1.807) is 23.1 Å². The fraction of sp³-hybridized carbons (Fsp3) is 0.308. The molecule has 2 rings (SSSR count). The van der Waals surface area contributed by atoms with Gasteiger partial charge in [0, 0.05) is 12.7 Å². The van der Waals surface area contributed by atoms with Crippen molar-refractivity contribution in [1.82, 2.24) is 9.78 Å². The predicted octanol–water partition coefficient (Wildman–Crippen LogP) is 2.39. The third kappa shape index (κ3) is 4.99. The maximum absolute atomic E-state index is 12.1. The van der Waals surface area contributed by atoms with Crippen molar-refractivity contribution >= 4 is 5.69 Å². The van der Waals surface area contributed by atoms with E-state index < -0.39 is 6.36 Å². The zero-order chi connectivity index (χ0) is 15.3. The highest BCUT2D eigenvalue weighted by Gasteiger charge is 2.31. The number of rotatable bonds is 6. The third-order valence-electron chi connectivity index (χ3n) is 2.59. The van der Waals surface area contributed by atoms with Gasteiger partial charge in [0.05, 0.1) is 25.0 Å². The van der Waals surface area contributed by atoms with Gasteiger partial charge in [-0.3, -0.25) is 4.68 Å². The first-order valence-corrected chi connectivity index (χ1v) is 6.18. The van der Waals surface area contributed by atoms with E-state index in [2.05, 4.69) is 15.2 Å². The Kier molecular flexibility index (Phi) is 4.69. The molecule has 2 N–H and O–H groups in total. The predicted molar refractivity (Wildman–Crippen MR) is 69.8 cm³/mol. The van der Waals surface area contributed by atoms with E-state index in [9.17, 15) is 13.2 Å². The molecule has 0 fully saturated rings. The molecular formula is C13H14F3N3O2. The second-order valence-corrected chi connectivity index (χ2v) is 4.26. The van der Waals surface area contributed by atoms with Gasteiger partial charge in [-0.1, -0.05) is 12.1 Å². The average Bonchev–Trinajstić information content (AvgIpc) is 2.83. The van der Waals surface area contributed by atoms with E-state index in [4.69, 9.17) is 5.11 Å². The normalized spacial score (nSPS) is 11.4. The van der Waals surface area contributed by atoms with Crippen LogP contribution in [0.25, 0.3) is 0 Å². The molecule has 0 unspecified atom stereocenters. The van der Waals surface area contributed by atoms with Gasteiger partial charge in [-0.05, 0) is 17.7 Å². The molecule has 114 valence electrons. The van der Waals surface area contributed by atoms with Crippen LogP contribution in [0.2, 0.25) is 0 Å². The number of anilines is 1. The number of aromatic nitrogens is 2. The first kappa shape index (κ1) is 15.2. The SMILES string of the molecule is OCCn1cc(NCc2cccc(OC(F)(F)F)c2)cn1. The van der Waals surface area contributed by atoms with Crippen molar-refractivity contribution < 1.29 is 23.0 Å². The first-order valence-electron chi connectivity index (χ1n) is 6.18. The van der Waals surface area contributed by atoms with Crippen molar-refractivity contribution in [3.8, 4) is 5.75 Å². The molecule has 0 radical (unpaired) electrons. The summed E-state index contributed by atoms with van der Waals surface area (Å²) in [5, 5.41) is 15.8. The molecular weight excluding hydrogens is 287 g/mol. The molecule has 0 bridgehead atoms. The summed E-state index contributed by atoms with van der Waals surface area (Å²) in [7, 11) is 0. The zero-order valence-electron chi connectivity index (χ0n) is 11.0. The van der Waals surface area contributed by atoms with E-state index in [1.807, 2.05) is 0 Å². The summed E-state index contributed by atoms with van der Waals surface area (Å²) in [5.41, 5.74) is 1.36. The number of benzene rings is 1. The number of alkyl halides is 3. The van der Waals surface area contributed by atoms with Crippen LogP contribution in [0.15, 0.2) is 36.7 Å².